The Kier molecular flexibility index (Phi) is 3.50. The molecule has 1 saturated carbocycles. The zero-order chi connectivity index (χ0) is 13.3. The summed E-state index contributed by atoms with van der Waals surface area (Å²) in [7, 11) is 1.25. The summed E-state index contributed by atoms with van der Waals surface area (Å²) < 4.78 is 32.2. The van der Waals surface area contributed by atoms with Crippen molar-refractivity contribution in [3.05, 3.63) is 29.3 Å². The lowest BCUT2D eigenvalue weighted by atomic mass is 9.90. The van der Waals surface area contributed by atoms with Gasteiger partial charge in [0.25, 0.3) is 0 Å². The number of aliphatic carboxylic acids is 1. The monoisotopic (exact) mass is 256 g/mol. The number of carboxylic acid groups (broad SMARTS) is 1. The van der Waals surface area contributed by atoms with Gasteiger partial charge in [0.05, 0.1) is 13.5 Å². The molecule has 1 atom stereocenters. The van der Waals surface area contributed by atoms with E-state index in [0.29, 0.717) is 0 Å². The van der Waals surface area contributed by atoms with Crippen molar-refractivity contribution in [2.75, 3.05) is 7.11 Å². The number of hydrogen-bond acceptors (Lipinski definition) is 2. The molecule has 0 amide bonds. The Labute approximate surface area is 103 Å². The Balaban J connectivity index is 2.40. The summed E-state index contributed by atoms with van der Waals surface area (Å²) in [5.74, 6) is -2.80. The van der Waals surface area contributed by atoms with Gasteiger partial charge in [-0.05, 0) is 30.4 Å². The number of carbonyl (C=O) groups is 1. The third-order valence-corrected chi connectivity index (χ3v) is 3.24. The molecule has 3 nitrogen and oxygen atoms in total. The predicted molar refractivity (Wildman–Crippen MR) is 60.6 cm³/mol. The van der Waals surface area contributed by atoms with Crippen LogP contribution in [-0.2, 0) is 4.79 Å². The fourth-order valence-electron chi connectivity index (χ4n) is 2.22. The van der Waals surface area contributed by atoms with E-state index in [1.54, 1.807) is 0 Å². The standard InChI is InChI=1S/C13H14F2O3/c1-18-11-5-8(14)4-10(13(11)15)9(6-12(16)17)7-2-3-7/h4-5,7,9H,2-3,6H2,1H3,(H,16,17). The van der Waals surface area contributed by atoms with Crippen LogP contribution in [0.15, 0.2) is 12.1 Å². The highest BCUT2D eigenvalue weighted by Gasteiger charge is 2.36. The SMILES string of the molecule is COc1cc(F)cc(C(CC(=O)O)C2CC2)c1F. The molecule has 0 aliphatic heterocycles. The maximum atomic E-state index is 14.1. The number of rotatable bonds is 5. The first-order valence-corrected chi connectivity index (χ1v) is 5.77. The molecule has 1 fully saturated rings. The van der Waals surface area contributed by atoms with E-state index in [2.05, 4.69) is 0 Å². The van der Waals surface area contributed by atoms with Gasteiger partial charge < -0.3 is 9.84 Å². The van der Waals surface area contributed by atoms with Gasteiger partial charge in [-0.25, -0.2) is 8.78 Å². The van der Waals surface area contributed by atoms with E-state index in [9.17, 15) is 13.6 Å². The van der Waals surface area contributed by atoms with Crippen LogP contribution >= 0.6 is 0 Å². The van der Waals surface area contributed by atoms with Crippen molar-refractivity contribution < 1.29 is 23.4 Å². The summed E-state index contributed by atoms with van der Waals surface area (Å²) in [5.41, 5.74) is 0.108. The lowest BCUT2D eigenvalue weighted by Crippen LogP contribution is -2.11. The Morgan fingerprint density at radius 3 is 2.67 bits per heavy atom. The van der Waals surface area contributed by atoms with Crippen molar-refractivity contribution in [3.8, 4) is 5.75 Å². The molecule has 1 N–H and O–H groups in total. The quantitative estimate of drug-likeness (QED) is 0.881. The molecule has 0 bridgehead atoms. The number of methoxy groups -OCH3 is 1. The van der Waals surface area contributed by atoms with Crippen LogP contribution in [0.3, 0.4) is 0 Å². The Bertz CT molecular complexity index is 470. The van der Waals surface area contributed by atoms with Gasteiger partial charge in [-0.2, -0.15) is 0 Å². The molecule has 18 heavy (non-hydrogen) atoms. The van der Waals surface area contributed by atoms with Crippen LogP contribution in [0, 0.1) is 17.6 Å². The topological polar surface area (TPSA) is 46.5 Å². The van der Waals surface area contributed by atoms with Crippen molar-refractivity contribution in [1.29, 1.82) is 0 Å². The summed E-state index contributed by atoms with van der Waals surface area (Å²) in [5, 5.41) is 8.86. The molecule has 1 aliphatic rings. The second-order valence-electron chi connectivity index (χ2n) is 4.55. The van der Waals surface area contributed by atoms with Crippen LogP contribution in [0.1, 0.15) is 30.7 Å². The van der Waals surface area contributed by atoms with Crippen molar-refractivity contribution >= 4 is 5.97 Å². The van der Waals surface area contributed by atoms with Crippen LogP contribution in [0.2, 0.25) is 0 Å². The average Bonchev–Trinajstić information content (AvgIpc) is 3.12. The Morgan fingerprint density at radius 1 is 1.50 bits per heavy atom. The summed E-state index contributed by atoms with van der Waals surface area (Å²) >= 11 is 0. The fourth-order valence-corrected chi connectivity index (χ4v) is 2.22. The first-order valence-electron chi connectivity index (χ1n) is 5.77. The molecule has 0 aromatic heterocycles. The molecular formula is C13H14F2O3. The maximum Gasteiger partial charge on any atom is 0.303 e. The lowest BCUT2D eigenvalue weighted by molar-refractivity contribution is -0.137. The molecule has 98 valence electrons. The van der Waals surface area contributed by atoms with Crippen LogP contribution in [-0.4, -0.2) is 18.2 Å². The molecule has 1 aromatic carbocycles. The number of carboxylic acids is 1. The van der Waals surface area contributed by atoms with Crippen LogP contribution in [0.5, 0.6) is 5.75 Å². The highest BCUT2D eigenvalue weighted by molar-refractivity contribution is 5.68. The zero-order valence-corrected chi connectivity index (χ0v) is 9.95. The van der Waals surface area contributed by atoms with Crippen molar-refractivity contribution in [3.63, 3.8) is 0 Å². The molecule has 0 radical (unpaired) electrons. The molecule has 0 heterocycles. The second-order valence-corrected chi connectivity index (χ2v) is 4.55. The Hall–Kier alpha value is -1.65. The average molecular weight is 256 g/mol. The summed E-state index contributed by atoms with van der Waals surface area (Å²) in [6, 6.07) is 2.04. The zero-order valence-electron chi connectivity index (χ0n) is 9.95. The van der Waals surface area contributed by atoms with Crippen molar-refractivity contribution in [2.45, 2.75) is 25.2 Å². The third-order valence-electron chi connectivity index (χ3n) is 3.24. The Morgan fingerprint density at radius 2 is 2.17 bits per heavy atom. The molecule has 0 saturated heterocycles. The minimum atomic E-state index is -1.01. The minimum absolute atomic E-state index is 0.108. The molecule has 1 unspecified atom stereocenters. The van der Waals surface area contributed by atoms with E-state index in [1.807, 2.05) is 0 Å². The van der Waals surface area contributed by atoms with Gasteiger partial charge in [-0.15, -0.1) is 0 Å². The first kappa shape index (κ1) is 12.8. The third kappa shape index (κ3) is 2.60. The number of hydrogen-bond donors (Lipinski definition) is 1. The van der Waals surface area contributed by atoms with Gasteiger partial charge in [0.1, 0.15) is 5.82 Å². The largest absolute Gasteiger partial charge is 0.494 e. The van der Waals surface area contributed by atoms with E-state index < -0.39 is 23.5 Å². The predicted octanol–water partition coefficient (Wildman–Crippen LogP) is 2.94. The first-order chi connectivity index (χ1) is 8.52. The molecule has 1 aliphatic carbocycles. The van der Waals surface area contributed by atoms with Gasteiger partial charge in [-0.1, -0.05) is 0 Å². The number of halogens is 2. The van der Waals surface area contributed by atoms with Gasteiger partial charge in [0.2, 0.25) is 0 Å². The molecule has 5 heteroatoms. The van der Waals surface area contributed by atoms with E-state index in [-0.39, 0.29) is 23.7 Å². The molecule has 1 aromatic rings. The highest BCUT2D eigenvalue weighted by atomic mass is 19.1. The summed E-state index contributed by atoms with van der Waals surface area (Å²) in [6.45, 7) is 0. The lowest BCUT2D eigenvalue weighted by Gasteiger charge is -2.17. The second kappa shape index (κ2) is 4.92. The van der Waals surface area contributed by atoms with E-state index in [1.165, 1.54) is 7.11 Å². The van der Waals surface area contributed by atoms with E-state index in [0.717, 1.165) is 25.0 Å². The summed E-state index contributed by atoms with van der Waals surface area (Å²) in [4.78, 5) is 10.8. The van der Waals surface area contributed by atoms with Gasteiger partial charge >= 0.3 is 5.97 Å². The van der Waals surface area contributed by atoms with E-state index >= 15 is 0 Å². The molecular weight excluding hydrogens is 242 g/mol. The summed E-state index contributed by atoms with van der Waals surface area (Å²) in [6.07, 6.45) is 1.53. The van der Waals surface area contributed by atoms with Crippen LogP contribution in [0.25, 0.3) is 0 Å². The molecule has 0 spiro atoms. The van der Waals surface area contributed by atoms with Crippen LogP contribution < -0.4 is 4.74 Å². The number of benzene rings is 1. The van der Waals surface area contributed by atoms with E-state index in [4.69, 9.17) is 9.84 Å². The fraction of sp³-hybridized carbons (Fsp3) is 0.462. The van der Waals surface area contributed by atoms with Crippen molar-refractivity contribution in [1.82, 2.24) is 0 Å². The van der Waals surface area contributed by atoms with Crippen molar-refractivity contribution in [2.24, 2.45) is 5.92 Å². The molecule has 2 rings (SSSR count). The number of ether oxygens (including phenoxy) is 1. The smallest absolute Gasteiger partial charge is 0.303 e. The normalized spacial score (nSPS) is 16.4. The minimum Gasteiger partial charge on any atom is -0.494 e. The van der Waals surface area contributed by atoms with Gasteiger partial charge in [0, 0.05) is 12.0 Å². The van der Waals surface area contributed by atoms with Crippen LogP contribution in [0.4, 0.5) is 8.78 Å². The van der Waals surface area contributed by atoms with Gasteiger partial charge in [0.15, 0.2) is 11.6 Å². The maximum absolute atomic E-state index is 14.1. The van der Waals surface area contributed by atoms with Gasteiger partial charge in [-0.3, -0.25) is 4.79 Å². The highest BCUT2D eigenvalue weighted by Crippen LogP contribution is 2.46.